The molecule has 1 unspecified atom stereocenters. The van der Waals surface area contributed by atoms with E-state index >= 15 is 0 Å². The zero-order chi connectivity index (χ0) is 17.1. The highest BCUT2D eigenvalue weighted by Gasteiger charge is 2.29. The van der Waals surface area contributed by atoms with Crippen molar-refractivity contribution in [2.24, 2.45) is 5.92 Å². The summed E-state index contributed by atoms with van der Waals surface area (Å²) in [6.45, 7) is 2.90. The van der Waals surface area contributed by atoms with Crippen LogP contribution in [-0.4, -0.2) is 36.6 Å². The molecule has 2 aromatic rings. The maximum absolute atomic E-state index is 12.8. The van der Waals surface area contributed by atoms with Crippen molar-refractivity contribution < 1.29 is 14.3 Å². The Kier molecular flexibility index (Phi) is 4.69. The van der Waals surface area contributed by atoms with Crippen molar-refractivity contribution in [3.8, 4) is 11.5 Å². The van der Waals surface area contributed by atoms with Gasteiger partial charge in [-0.1, -0.05) is 12.1 Å². The minimum atomic E-state index is -0.169. The Bertz CT molecular complexity index is 745. The second-order valence-electron chi connectivity index (χ2n) is 6.16. The van der Waals surface area contributed by atoms with E-state index in [-0.39, 0.29) is 11.8 Å². The summed E-state index contributed by atoms with van der Waals surface area (Å²) >= 11 is 0. The predicted molar refractivity (Wildman–Crippen MR) is 91.1 cm³/mol. The van der Waals surface area contributed by atoms with E-state index in [0.717, 1.165) is 28.3 Å². The second-order valence-corrected chi connectivity index (χ2v) is 6.16. The number of hydrogen-bond acceptors (Lipinski definition) is 4. The van der Waals surface area contributed by atoms with Crippen LogP contribution in [0.3, 0.4) is 0 Å². The molecule has 0 spiro atoms. The molecule has 0 bridgehead atoms. The summed E-state index contributed by atoms with van der Waals surface area (Å²) in [5.74, 6) is 1.41. The van der Waals surface area contributed by atoms with E-state index < -0.39 is 0 Å². The predicted octanol–water partition coefficient (Wildman–Crippen LogP) is 2.61. The standard InChI is InChI=1S/C19H22N2O3/c1-13-9-14(7-8-20-13)11-21(2)19(22)16-10-15-5-4-6-17(23-3)18(15)24-12-16/h4-9,16H,10-12H2,1-3H3. The molecule has 2 heterocycles. The molecular weight excluding hydrogens is 304 g/mol. The Labute approximate surface area is 142 Å². The number of pyridine rings is 1. The fourth-order valence-corrected chi connectivity index (χ4v) is 3.08. The molecule has 5 nitrogen and oxygen atoms in total. The highest BCUT2D eigenvalue weighted by atomic mass is 16.5. The number of methoxy groups -OCH3 is 1. The first-order valence-corrected chi connectivity index (χ1v) is 8.03. The highest BCUT2D eigenvalue weighted by molar-refractivity contribution is 5.79. The fraction of sp³-hybridized carbons (Fsp3) is 0.368. The molecule has 126 valence electrons. The van der Waals surface area contributed by atoms with Crippen LogP contribution in [0.1, 0.15) is 16.8 Å². The van der Waals surface area contributed by atoms with Gasteiger partial charge < -0.3 is 14.4 Å². The molecule has 1 atom stereocenters. The molecule has 24 heavy (non-hydrogen) atoms. The zero-order valence-corrected chi connectivity index (χ0v) is 14.3. The van der Waals surface area contributed by atoms with E-state index in [0.29, 0.717) is 19.6 Å². The van der Waals surface area contributed by atoms with Gasteiger partial charge in [0, 0.05) is 25.5 Å². The summed E-state index contributed by atoms with van der Waals surface area (Å²) in [6, 6.07) is 9.73. The summed E-state index contributed by atoms with van der Waals surface area (Å²) in [7, 11) is 3.46. The van der Waals surface area contributed by atoms with Crippen molar-refractivity contribution in [3.05, 3.63) is 53.3 Å². The molecule has 0 N–H and O–H groups in total. The van der Waals surface area contributed by atoms with E-state index in [2.05, 4.69) is 4.98 Å². The van der Waals surface area contributed by atoms with Crippen molar-refractivity contribution in [3.63, 3.8) is 0 Å². The monoisotopic (exact) mass is 326 g/mol. The maximum atomic E-state index is 12.8. The number of para-hydroxylation sites is 1. The smallest absolute Gasteiger partial charge is 0.229 e. The van der Waals surface area contributed by atoms with Gasteiger partial charge in [-0.25, -0.2) is 0 Å². The van der Waals surface area contributed by atoms with Gasteiger partial charge in [0.1, 0.15) is 6.61 Å². The molecule has 1 aromatic carbocycles. The Morgan fingerprint density at radius 1 is 1.42 bits per heavy atom. The number of carbonyl (C=O) groups is 1. The van der Waals surface area contributed by atoms with Crippen LogP contribution in [0.15, 0.2) is 36.5 Å². The molecule has 3 rings (SSSR count). The van der Waals surface area contributed by atoms with Crippen LogP contribution in [0, 0.1) is 12.8 Å². The first kappa shape index (κ1) is 16.3. The molecule has 0 saturated carbocycles. The highest BCUT2D eigenvalue weighted by Crippen LogP contribution is 2.36. The number of ether oxygens (including phenoxy) is 2. The van der Waals surface area contributed by atoms with Crippen LogP contribution in [-0.2, 0) is 17.8 Å². The Morgan fingerprint density at radius 2 is 2.25 bits per heavy atom. The van der Waals surface area contributed by atoms with Gasteiger partial charge in [-0.15, -0.1) is 0 Å². The molecule has 1 aromatic heterocycles. The summed E-state index contributed by atoms with van der Waals surface area (Å²) < 4.78 is 11.1. The number of nitrogens with zero attached hydrogens (tertiary/aromatic N) is 2. The van der Waals surface area contributed by atoms with Gasteiger partial charge in [0.2, 0.25) is 5.91 Å². The lowest BCUT2D eigenvalue weighted by atomic mass is 9.95. The van der Waals surface area contributed by atoms with E-state index in [9.17, 15) is 4.79 Å². The van der Waals surface area contributed by atoms with Crippen molar-refractivity contribution >= 4 is 5.91 Å². The molecular formula is C19H22N2O3. The molecule has 1 amide bonds. The number of hydrogen-bond donors (Lipinski definition) is 0. The number of rotatable bonds is 4. The first-order chi connectivity index (χ1) is 11.6. The summed E-state index contributed by atoms with van der Waals surface area (Å²) in [5, 5.41) is 0. The third-order valence-corrected chi connectivity index (χ3v) is 4.28. The number of carbonyl (C=O) groups excluding carboxylic acids is 1. The molecule has 0 fully saturated rings. The third kappa shape index (κ3) is 3.35. The number of amides is 1. The van der Waals surface area contributed by atoms with Crippen molar-refractivity contribution in [1.82, 2.24) is 9.88 Å². The summed E-state index contributed by atoms with van der Waals surface area (Å²) in [6.07, 6.45) is 2.44. The lowest BCUT2D eigenvalue weighted by Crippen LogP contribution is -2.38. The number of aromatic nitrogens is 1. The molecule has 1 aliphatic rings. The minimum Gasteiger partial charge on any atom is -0.493 e. The largest absolute Gasteiger partial charge is 0.493 e. The van der Waals surface area contributed by atoms with Crippen LogP contribution in [0.5, 0.6) is 11.5 Å². The normalized spacial score (nSPS) is 16.0. The minimum absolute atomic E-state index is 0.0953. The van der Waals surface area contributed by atoms with Crippen molar-refractivity contribution in [1.29, 1.82) is 0 Å². The van der Waals surface area contributed by atoms with Gasteiger partial charge in [0.05, 0.1) is 13.0 Å². The van der Waals surface area contributed by atoms with Gasteiger partial charge in [0.25, 0.3) is 0 Å². The van der Waals surface area contributed by atoms with Gasteiger partial charge in [-0.05, 0) is 42.7 Å². The van der Waals surface area contributed by atoms with Crippen LogP contribution in [0.25, 0.3) is 0 Å². The molecule has 0 aliphatic carbocycles. The van der Waals surface area contributed by atoms with Crippen LogP contribution in [0.2, 0.25) is 0 Å². The zero-order valence-electron chi connectivity index (χ0n) is 14.3. The van der Waals surface area contributed by atoms with Crippen LogP contribution >= 0.6 is 0 Å². The SMILES string of the molecule is COc1cccc2c1OCC(C(=O)N(C)Cc1ccnc(C)c1)C2. The maximum Gasteiger partial charge on any atom is 0.229 e. The number of fused-ring (bicyclic) bond motifs is 1. The van der Waals surface area contributed by atoms with Gasteiger partial charge in [0.15, 0.2) is 11.5 Å². The molecule has 1 aliphatic heterocycles. The van der Waals surface area contributed by atoms with Crippen LogP contribution < -0.4 is 9.47 Å². The van der Waals surface area contributed by atoms with Gasteiger partial charge in [-0.3, -0.25) is 9.78 Å². The number of aryl methyl sites for hydroxylation is 1. The van der Waals surface area contributed by atoms with Crippen molar-refractivity contribution in [2.75, 3.05) is 20.8 Å². The van der Waals surface area contributed by atoms with Crippen LogP contribution in [0.4, 0.5) is 0 Å². The molecule has 0 radical (unpaired) electrons. The van der Waals surface area contributed by atoms with E-state index in [4.69, 9.17) is 9.47 Å². The van der Waals surface area contributed by atoms with E-state index in [1.54, 1.807) is 18.2 Å². The second kappa shape index (κ2) is 6.91. The Morgan fingerprint density at radius 3 is 3.00 bits per heavy atom. The lowest BCUT2D eigenvalue weighted by Gasteiger charge is -2.29. The lowest BCUT2D eigenvalue weighted by molar-refractivity contribution is -0.136. The molecule has 5 heteroatoms. The van der Waals surface area contributed by atoms with E-state index in [1.165, 1.54) is 0 Å². The Hall–Kier alpha value is -2.56. The van der Waals surface area contributed by atoms with Gasteiger partial charge >= 0.3 is 0 Å². The van der Waals surface area contributed by atoms with Crippen molar-refractivity contribution in [2.45, 2.75) is 19.9 Å². The average Bonchev–Trinajstić information content (AvgIpc) is 2.60. The molecule has 0 saturated heterocycles. The average molecular weight is 326 g/mol. The first-order valence-electron chi connectivity index (χ1n) is 8.03. The summed E-state index contributed by atoms with van der Waals surface area (Å²) in [5.41, 5.74) is 3.06. The van der Waals surface area contributed by atoms with E-state index in [1.807, 2.05) is 44.3 Å². The summed E-state index contributed by atoms with van der Waals surface area (Å²) in [4.78, 5) is 18.7. The topological polar surface area (TPSA) is 51.7 Å². The number of benzene rings is 1. The Balaban J connectivity index is 1.69. The van der Waals surface area contributed by atoms with Gasteiger partial charge in [-0.2, -0.15) is 0 Å². The third-order valence-electron chi connectivity index (χ3n) is 4.28. The fourth-order valence-electron chi connectivity index (χ4n) is 3.08. The quantitative estimate of drug-likeness (QED) is 0.867.